The van der Waals surface area contributed by atoms with Gasteiger partial charge in [-0.1, -0.05) is 11.2 Å². The van der Waals surface area contributed by atoms with Crippen LogP contribution in [0.4, 0.5) is 5.82 Å². The zero-order valence-corrected chi connectivity index (χ0v) is 13.3. The lowest BCUT2D eigenvalue weighted by Gasteiger charge is -2.07. The predicted octanol–water partition coefficient (Wildman–Crippen LogP) is 2.14. The van der Waals surface area contributed by atoms with E-state index in [2.05, 4.69) is 20.4 Å². The second kappa shape index (κ2) is 6.27. The van der Waals surface area contributed by atoms with Gasteiger partial charge in [-0.15, -0.1) is 0 Å². The Bertz CT molecular complexity index is 939. The van der Waals surface area contributed by atoms with Crippen molar-refractivity contribution in [3.63, 3.8) is 0 Å². The molecule has 1 N–H and O–H groups in total. The third-order valence-corrected chi connectivity index (χ3v) is 3.64. The molecule has 9 nitrogen and oxygen atoms in total. The van der Waals surface area contributed by atoms with Gasteiger partial charge in [-0.25, -0.2) is 9.78 Å². The predicted molar refractivity (Wildman–Crippen MR) is 85.4 cm³/mol. The van der Waals surface area contributed by atoms with Crippen molar-refractivity contribution in [3.05, 3.63) is 35.8 Å². The van der Waals surface area contributed by atoms with Crippen LogP contribution in [0.5, 0.6) is 11.5 Å². The number of aromatic nitrogens is 3. The number of fused-ring (bicyclic) bond motifs is 2. The zero-order valence-electron chi connectivity index (χ0n) is 13.3. The fourth-order valence-corrected chi connectivity index (χ4v) is 2.50. The van der Waals surface area contributed by atoms with E-state index in [1.54, 1.807) is 6.92 Å². The van der Waals surface area contributed by atoms with Crippen molar-refractivity contribution in [1.29, 1.82) is 0 Å². The topological polar surface area (TPSA) is 109 Å². The third-order valence-electron chi connectivity index (χ3n) is 3.64. The molecule has 3 aromatic rings. The fourth-order valence-electron chi connectivity index (χ4n) is 2.50. The van der Waals surface area contributed by atoms with Gasteiger partial charge in [-0.05, 0) is 24.6 Å². The first-order chi connectivity index (χ1) is 12.3. The largest absolute Gasteiger partial charge is 0.461 e. The number of hydrogen-bond acceptors (Lipinski definition) is 9. The normalized spacial score (nSPS) is 12.4. The van der Waals surface area contributed by atoms with Crippen molar-refractivity contribution in [3.8, 4) is 11.5 Å². The van der Waals surface area contributed by atoms with Crippen LogP contribution in [0.2, 0.25) is 0 Å². The van der Waals surface area contributed by atoms with Crippen LogP contribution in [0.15, 0.2) is 29.0 Å². The maximum Gasteiger partial charge on any atom is 0.361 e. The summed E-state index contributed by atoms with van der Waals surface area (Å²) in [7, 11) is 0. The van der Waals surface area contributed by atoms with Gasteiger partial charge >= 0.3 is 5.97 Å². The van der Waals surface area contributed by atoms with Gasteiger partial charge in [0.05, 0.1) is 6.61 Å². The van der Waals surface area contributed by atoms with Crippen LogP contribution in [-0.2, 0) is 11.3 Å². The molecule has 1 aliphatic rings. The van der Waals surface area contributed by atoms with Crippen molar-refractivity contribution in [2.24, 2.45) is 0 Å². The Hall–Kier alpha value is -3.36. The monoisotopic (exact) mass is 342 g/mol. The van der Waals surface area contributed by atoms with Gasteiger partial charge in [-0.2, -0.15) is 4.98 Å². The third kappa shape index (κ3) is 2.80. The number of carbonyl (C=O) groups excluding carboxylic acids is 1. The van der Waals surface area contributed by atoms with E-state index in [0.29, 0.717) is 23.5 Å². The molecule has 0 spiro atoms. The average molecular weight is 342 g/mol. The summed E-state index contributed by atoms with van der Waals surface area (Å²) >= 11 is 0. The van der Waals surface area contributed by atoms with Gasteiger partial charge in [-0.3, -0.25) is 0 Å². The quantitative estimate of drug-likeness (QED) is 0.697. The summed E-state index contributed by atoms with van der Waals surface area (Å²) in [4.78, 5) is 20.2. The Kier molecular flexibility index (Phi) is 3.81. The SMILES string of the molecule is CCOC(=O)c1noc2ncnc(NCc3ccc4c(c3)OCO4)c12. The molecule has 1 aromatic carbocycles. The number of rotatable bonds is 5. The molecule has 0 unspecified atom stereocenters. The van der Waals surface area contributed by atoms with Crippen LogP contribution < -0.4 is 14.8 Å². The Labute approximate surface area is 141 Å². The molecule has 1 aliphatic heterocycles. The first-order valence-electron chi connectivity index (χ1n) is 7.66. The number of ether oxygens (including phenoxy) is 3. The second-order valence-corrected chi connectivity index (χ2v) is 5.20. The van der Waals surface area contributed by atoms with Crippen molar-refractivity contribution in [2.75, 3.05) is 18.7 Å². The highest BCUT2D eigenvalue weighted by Gasteiger charge is 2.22. The number of nitrogens with zero attached hydrogens (tertiary/aromatic N) is 3. The molecule has 2 aromatic heterocycles. The van der Waals surface area contributed by atoms with E-state index < -0.39 is 5.97 Å². The van der Waals surface area contributed by atoms with E-state index in [-0.39, 0.29) is 24.8 Å². The summed E-state index contributed by atoms with van der Waals surface area (Å²) in [6.45, 7) is 2.63. The molecule has 0 aliphatic carbocycles. The van der Waals surface area contributed by atoms with Crippen molar-refractivity contribution >= 4 is 22.9 Å². The van der Waals surface area contributed by atoms with E-state index in [4.69, 9.17) is 18.7 Å². The Morgan fingerprint density at radius 1 is 1.28 bits per heavy atom. The lowest BCUT2D eigenvalue weighted by Crippen LogP contribution is -2.08. The van der Waals surface area contributed by atoms with Crippen LogP contribution in [-0.4, -0.2) is 34.5 Å². The van der Waals surface area contributed by atoms with E-state index in [0.717, 1.165) is 11.3 Å². The summed E-state index contributed by atoms with van der Waals surface area (Å²) in [6.07, 6.45) is 1.34. The minimum atomic E-state index is -0.581. The number of nitrogens with one attached hydrogen (secondary N) is 1. The molecular weight excluding hydrogens is 328 g/mol. The number of benzene rings is 1. The van der Waals surface area contributed by atoms with Gasteiger partial charge in [0.1, 0.15) is 17.5 Å². The molecule has 0 amide bonds. The molecule has 0 saturated heterocycles. The average Bonchev–Trinajstić information content (AvgIpc) is 3.26. The molecular formula is C16H14N4O5. The van der Waals surface area contributed by atoms with Crippen molar-refractivity contribution in [2.45, 2.75) is 13.5 Å². The molecule has 9 heteroatoms. The van der Waals surface area contributed by atoms with E-state index in [1.165, 1.54) is 6.33 Å². The molecule has 0 saturated carbocycles. The molecule has 128 valence electrons. The van der Waals surface area contributed by atoms with Gasteiger partial charge in [0.25, 0.3) is 5.71 Å². The number of carbonyl (C=O) groups is 1. The molecule has 0 bridgehead atoms. The Morgan fingerprint density at radius 3 is 3.04 bits per heavy atom. The number of anilines is 1. The Balaban J connectivity index is 1.61. The van der Waals surface area contributed by atoms with Crippen LogP contribution >= 0.6 is 0 Å². The van der Waals surface area contributed by atoms with Crippen molar-refractivity contribution < 1.29 is 23.5 Å². The molecule has 3 heterocycles. The van der Waals surface area contributed by atoms with Crippen LogP contribution in [0.1, 0.15) is 23.0 Å². The maximum atomic E-state index is 12.0. The van der Waals surface area contributed by atoms with Crippen molar-refractivity contribution in [1.82, 2.24) is 15.1 Å². The standard InChI is InChI=1S/C16H14N4O5/c1-2-22-16(21)13-12-14(18-7-19-15(12)25-20-13)17-6-9-3-4-10-11(5-9)24-8-23-10/h3-5,7H,2,6,8H2,1H3,(H,17,18,19). The highest BCUT2D eigenvalue weighted by molar-refractivity contribution is 6.04. The minimum absolute atomic E-state index is 0.0469. The first kappa shape index (κ1) is 15.2. The maximum absolute atomic E-state index is 12.0. The number of esters is 1. The summed E-state index contributed by atoms with van der Waals surface area (Å²) in [6, 6.07) is 5.64. The fraction of sp³-hybridized carbons (Fsp3) is 0.250. The molecule has 0 radical (unpaired) electrons. The summed E-state index contributed by atoms with van der Waals surface area (Å²) in [5, 5.41) is 7.30. The minimum Gasteiger partial charge on any atom is -0.461 e. The lowest BCUT2D eigenvalue weighted by atomic mass is 10.2. The lowest BCUT2D eigenvalue weighted by molar-refractivity contribution is 0.0517. The summed E-state index contributed by atoms with van der Waals surface area (Å²) in [5.41, 5.74) is 1.22. The van der Waals surface area contributed by atoms with Crippen LogP contribution in [0, 0.1) is 0 Å². The summed E-state index contributed by atoms with van der Waals surface area (Å²) in [5.74, 6) is 1.27. The van der Waals surface area contributed by atoms with Gasteiger partial charge in [0, 0.05) is 6.54 Å². The Morgan fingerprint density at radius 2 is 2.16 bits per heavy atom. The number of hydrogen-bond donors (Lipinski definition) is 1. The van der Waals surface area contributed by atoms with Crippen LogP contribution in [0.3, 0.4) is 0 Å². The zero-order chi connectivity index (χ0) is 17.2. The van der Waals surface area contributed by atoms with E-state index in [9.17, 15) is 4.79 Å². The van der Waals surface area contributed by atoms with Crippen LogP contribution in [0.25, 0.3) is 11.1 Å². The van der Waals surface area contributed by atoms with Gasteiger partial charge < -0.3 is 24.1 Å². The van der Waals surface area contributed by atoms with Gasteiger partial charge in [0.2, 0.25) is 12.5 Å². The first-order valence-corrected chi connectivity index (χ1v) is 7.66. The highest BCUT2D eigenvalue weighted by Crippen LogP contribution is 2.33. The second-order valence-electron chi connectivity index (χ2n) is 5.20. The molecule has 0 fully saturated rings. The summed E-state index contributed by atoms with van der Waals surface area (Å²) < 4.78 is 20.7. The smallest absolute Gasteiger partial charge is 0.361 e. The molecule has 25 heavy (non-hydrogen) atoms. The van der Waals surface area contributed by atoms with Gasteiger partial charge in [0.15, 0.2) is 11.5 Å². The highest BCUT2D eigenvalue weighted by atomic mass is 16.7. The van der Waals surface area contributed by atoms with E-state index in [1.807, 2.05) is 18.2 Å². The van der Waals surface area contributed by atoms with E-state index >= 15 is 0 Å². The molecule has 4 rings (SSSR count). The molecule has 0 atom stereocenters.